The van der Waals surface area contributed by atoms with Crippen LogP contribution in [-0.2, 0) is 4.79 Å². The second-order valence-corrected chi connectivity index (χ2v) is 5.61. The minimum absolute atomic E-state index is 0.0272. The van der Waals surface area contributed by atoms with E-state index < -0.39 is 11.6 Å². The van der Waals surface area contributed by atoms with E-state index in [1.165, 1.54) is 0 Å². The van der Waals surface area contributed by atoms with Gasteiger partial charge in [0, 0.05) is 4.47 Å². The van der Waals surface area contributed by atoms with Gasteiger partial charge in [0.15, 0.2) is 0 Å². The average molecular weight is 320 g/mol. The Bertz CT molecular complexity index is 443. The molecule has 0 heterocycles. The third-order valence-electron chi connectivity index (χ3n) is 2.96. The number of carboxylic acids is 1. The van der Waals surface area contributed by atoms with E-state index >= 15 is 0 Å². The van der Waals surface area contributed by atoms with E-state index in [4.69, 9.17) is 21.4 Å². The van der Waals surface area contributed by atoms with Crippen LogP contribution in [0.1, 0.15) is 25.7 Å². The van der Waals surface area contributed by atoms with E-state index in [1.54, 1.807) is 12.1 Å². The van der Waals surface area contributed by atoms with Gasteiger partial charge in [0.25, 0.3) is 0 Å². The van der Waals surface area contributed by atoms with Gasteiger partial charge >= 0.3 is 5.97 Å². The molecule has 0 bridgehead atoms. The van der Waals surface area contributed by atoms with Crippen LogP contribution in [0.15, 0.2) is 22.7 Å². The number of rotatable bonds is 4. The topological polar surface area (TPSA) is 46.5 Å². The molecule has 1 aromatic carbocycles. The van der Waals surface area contributed by atoms with Crippen molar-refractivity contribution in [2.45, 2.75) is 31.3 Å². The maximum atomic E-state index is 10.8. The Balaban J connectivity index is 2.15. The quantitative estimate of drug-likeness (QED) is 0.916. The minimum atomic E-state index is -0.835. The molecule has 0 saturated heterocycles. The van der Waals surface area contributed by atoms with Gasteiger partial charge in [-0.1, -0.05) is 27.5 Å². The second kappa shape index (κ2) is 4.86. The Morgan fingerprint density at radius 2 is 2.24 bits per heavy atom. The first kappa shape index (κ1) is 12.7. The zero-order chi connectivity index (χ0) is 12.5. The van der Waals surface area contributed by atoms with Crippen LogP contribution in [0.4, 0.5) is 0 Å². The van der Waals surface area contributed by atoms with Crippen LogP contribution in [0.5, 0.6) is 5.75 Å². The SMILES string of the molecule is O=C(O)CC1(Oc2ccc(Br)cc2Cl)CCC1. The molecule has 1 aliphatic rings. The van der Waals surface area contributed by atoms with Gasteiger partial charge in [0.05, 0.1) is 11.4 Å². The molecule has 0 radical (unpaired) electrons. The van der Waals surface area contributed by atoms with Crippen molar-refractivity contribution in [3.8, 4) is 5.75 Å². The molecule has 1 fully saturated rings. The molecule has 1 N–H and O–H groups in total. The first-order valence-electron chi connectivity index (χ1n) is 5.37. The van der Waals surface area contributed by atoms with Crippen LogP contribution >= 0.6 is 27.5 Å². The van der Waals surface area contributed by atoms with Crippen molar-refractivity contribution in [2.75, 3.05) is 0 Å². The van der Waals surface area contributed by atoms with Crippen molar-refractivity contribution in [3.63, 3.8) is 0 Å². The predicted molar refractivity (Wildman–Crippen MR) is 68.6 cm³/mol. The van der Waals surface area contributed by atoms with Crippen LogP contribution in [0.2, 0.25) is 5.02 Å². The number of hydrogen-bond donors (Lipinski definition) is 1. The molecule has 0 aromatic heterocycles. The Morgan fingerprint density at radius 3 is 2.71 bits per heavy atom. The molecule has 17 heavy (non-hydrogen) atoms. The fourth-order valence-corrected chi connectivity index (χ4v) is 2.66. The molecule has 3 nitrogen and oxygen atoms in total. The summed E-state index contributed by atoms with van der Waals surface area (Å²) in [6.45, 7) is 0. The third kappa shape index (κ3) is 2.93. The lowest BCUT2D eigenvalue weighted by atomic mass is 9.77. The maximum Gasteiger partial charge on any atom is 0.307 e. The molecule has 0 atom stereocenters. The summed E-state index contributed by atoms with van der Waals surface area (Å²) >= 11 is 9.36. The highest BCUT2D eigenvalue weighted by Gasteiger charge is 2.41. The first-order chi connectivity index (χ1) is 8.01. The largest absolute Gasteiger partial charge is 0.485 e. The Labute approximate surface area is 113 Å². The van der Waals surface area contributed by atoms with Crippen molar-refractivity contribution >= 4 is 33.5 Å². The third-order valence-corrected chi connectivity index (χ3v) is 3.75. The van der Waals surface area contributed by atoms with E-state index in [2.05, 4.69) is 15.9 Å². The summed E-state index contributed by atoms with van der Waals surface area (Å²) in [5.74, 6) is -0.284. The monoisotopic (exact) mass is 318 g/mol. The van der Waals surface area contributed by atoms with Gasteiger partial charge in [0.2, 0.25) is 0 Å². The standard InChI is InChI=1S/C12H12BrClO3/c13-8-2-3-10(9(14)6-8)17-12(4-1-5-12)7-11(15)16/h2-3,6H,1,4-5,7H2,(H,15,16). The average Bonchev–Trinajstić information content (AvgIpc) is 2.18. The van der Waals surface area contributed by atoms with Gasteiger partial charge in [-0.2, -0.15) is 0 Å². The van der Waals surface area contributed by atoms with Gasteiger partial charge < -0.3 is 9.84 Å². The summed E-state index contributed by atoms with van der Waals surface area (Å²) in [6, 6.07) is 5.33. The number of hydrogen-bond acceptors (Lipinski definition) is 2. The molecule has 5 heteroatoms. The van der Waals surface area contributed by atoms with Crippen molar-refractivity contribution in [1.82, 2.24) is 0 Å². The van der Waals surface area contributed by atoms with E-state index in [0.717, 1.165) is 23.7 Å². The summed E-state index contributed by atoms with van der Waals surface area (Å²) in [5.41, 5.74) is -0.566. The zero-order valence-electron chi connectivity index (χ0n) is 9.08. The fourth-order valence-electron chi connectivity index (χ4n) is 1.95. The number of aliphatic carboxylic acids is 1. The zero-order valence-corrected chi connectivity index (χ0v) is 11.4. The number of ether oxygens (including phenoxy) is 1. The summed E-state index contributed by atoms with van der Waals surface area (Å²) in [5, 5.41) is 9.38. The molecule has 0 amide bonds. The molecule has 92 valence electrons. The molecule has 1 aliphatic carbocycles. The number of carbonyl (C=O) groups is 1. The summed E-state index contributed by atoms with van der Waals surface area (Å²) < 4.78 is 6.67. The van der Waals surface area contributed by atoms with Gasteiger partial charge in [0.1, 0.15) is 11.4 Å². The lowest BCUT2D eigenvalue weighted by Gasteiger charge is -2.41. The molecule has 1 aromatic rings. The number of carboxylic acid groups (broad SMARTS) is 1. The minimum Gasteiger partial charge on any atom is -0.485 e. The molecule has 0 spiro atoms. The molecule has 0 aliphatic heterocycles. The van der Waals surface area contributed by atoms with Gasteiger partial charge in [-0.15, -0.1) is 0 Å². The Hall–Kier alpha value is -0.740. The fraction of sp³-hybridized carbons (Fsp3) is 0.417. The number of halogens is 2. The van der Waals surface area contributed by atoms with Gasteiger partial charge in [-0.25, -0.2) is 0 Å². The molecule has 2 rings (SSSR count). The molecular formula is C12H12BrClO3. The highest BCUT2D eigenvalue weighted by molar-refractivity contribution is 9.10. The molecular weight excluding hydrogens is 307 g/mol. The summed E-state index contributed by atoms with van der Waals surface area (Å²) in [6.07, 6.45) is 2.57. The lowest BCUT2D eigenvalue weighted by Crippen LogP contribution is -2.45. The lowest BCUT2D eigenvalue weighted by molar-refractivity contribution is -0.144. The van der Waals surface area contributed by atoms with Gasteiger partial charge in [-0.05, 0) is 37.5 Å². The predicted octanol–water partition coefficient (Wildman–Crippen LogP) is 3.88. The van der Waals surface area contributed by atoms with Crippen molar-refractivity contribution < 1.29 is 14.6 Å². The van der Waals surface area contributed by atoms with Crippen molar-refractivity contribution in [2.24, 2.45) is 0 Å². The summed E-state index contributed by atoms with van der Waals surface area (Å²) in [4.78, 5) is 10.8. The van der Waals surface area contributed by atoms with E-state index in [-0.39, 0.29) is 6.42 Å². The second-order valence-electron chi connectivity index (χ2n) is 4.28. The van der Waals surface area contributed by atoms with Crippen LogP contribution in [0.3, 0.4) is 0 Å². The maximum absolute atomic E-state index is 10.8. The van der Waals surface area contributed by atoms with Crippen LogP contribution < -0.4 is 4.74 Å². The highest BCUT2D eigenvalue weighted by atomic mass is 79.9. The van der Waals surface area contributed by atoms with E-state index in [9.17, 15) is 4.79 Å². The Kier molecular flexibility index (Phi) is 3.64. The number of benzene rings is 1. The van der Waals surface area contributed by atoms with Crippen LogP contribution in [0.25, 0.3) is 0 Å². The van der Waals surface area contributed by atoms with Crippen LogP contribution in [-0.4, -0.2) is 16.7 Å². The Morgan fingerprint density at radius 1 is 1.53 bits per heavy atom. The molecule has 1 saturated carbocycles. The van der Waals surface area contributed by atoms with E-state index in [1.807, 2.05) is 6.07 Å². The summed E-state index contributed by atoms with van der Waals surface area (Å²) in [7, 11) is 0. The van der Waals surface area contributed by atoms with E-state index in [0.29, 0.717) is 10.8 Å². The van der Waals surface area contributed by atoms with Crippen molar-refractivity contribution in [1.29, 1.82) is 0 Å². The smallest absolute Gasteiger partial charge is 0.307 e. The van der Waals surface area contributed by atoms with Crippen molar-refractivity contribution in [3.05, 3.63) is 27.7 Å². The molecule has 0 unspecified atom stereocenters. The highest BCUT2D eigenvalue weighted by Crippen LogP contribution is 2.41. The normalized spacial score (nSPS) is 17.3. The first-order valence-corrected chi connectivity index (χ1v) is 6.54. The van der Waals surface area contributed by atoms with Gasteiger partial charge in [-0.3, -0.25) is 4.79 Å². The van der Waals surface area contributed by atoms with Crippen LogP contribution in [0, 0.1) is 0 Å².